The van der Waals surface area contributed by atoms with Crippen LogP contribution in [0.15, 0.2) is 4.99 Å². The highest BCUT2D eigenvalue weighted by Gasteiger charge is 2.20. The summed E-state index contributed by atoms with van der Waals surface area (Å²) in [4.78, 5) is 6.96. The maximum atomic E-state index is 5.95. The van der Waals surface area contributed by atoms with E-state index in [1.807, 2.05) is 0 Å². The minimum absolute atomic E-state index is 0.0172. The molecular weight excluding hydrogens is 174 g/mol. The second-order valence-corrected chi connectivity index (χ2v) is 5.30. The molecule has 0 aromatic heterocycles. The predicted octanol–water partition coefficient (Wildman–Crippen LogP) is 1.48. The van der Waals surface area contributed by atoms with E-state index in [2.05, 4.69) is 37.7 Å². The molecule has 0 aliphatic carbocycles. The summed E-state index contributed by atoms with van der Waals surface area (Å²) in [6.07, 6.45) is 2.29. The lowest BCUT2D eigenvalue weighted by Gasteiger charge is -2.28. The molecule has 0 radical (unpaired) electrons. The van der Waals surface area contributed by atoms with Gasteiger partial charge in [0.25, 0.3) is 0 Å². The summed E-state index contributed by atoms with van der Waals surface area (Å²) < 4.78 is 0. The molecule has 2 N–H and O–H groups in total. The van der Waals surface area contributed by atoms with Gasteiger partial charge in [-0.15, -0.1) is 0 Å². The molecule has 0 atom stereocenters. The van der Waals surface area contributed by atoms with E-state index < -0.39 is 0 Å². The van der Waals surface area contributed by atoms with Crippen molar-refractivity contribution in [2.75, 3.05) is 20.1 Å². The minimum atomic E-state index is 0.0172. The van der Waals surface area contributed by atoms with Gasteiger partial charge in [0.15, 0.2) is 0 Å². The van der Waals surface area contributed by atoms with Crippen molar-refractivity contribution in [1.82, 2.24) is 4.90 Å². The molecule has 3 heteroatoms. The fraction of sp³-hybridized carbons (Fsp3) is 0.909. The summed E-state index contributed by atoms with van der Waals surface area (Å²) in [7, 11) is 2.16. The molecule has 0 aromatic rings. The molecule has 0 bridgehead atoms. The number of nitrogens with two attached hydrogens (primary N) is 1. The Morgan fingerprint density at radius 1 is 1.29 bits per heavy atom. The Bertz CT molecular complexity index is 207. The van der Waals surface area contributed by atoms with Gasteiger partial charge in [0.05, 0.1) is 11.9 Å². The van der Waals surface area contributed by atoms with Gasteiger partial charge in [-0.2, -0.15) is 0 Å². The molecule has 0 amide bonds. The molecule has 1 heterocycles. The number of amidine groups is 1. The monoisotopic (exact) mass is 197 g/mol. The highest BCUT2D eigenvalue weighted by Crippen LogP contribution is 2.17. The fourth-order valence-corrected chi connectivity index (χ4v) is 1.51. The third-order valence-corrected chi connectivity index (χ3v) is 2.78. The average Bonchev–Trinajstić information content (AvgIpc) is 2.07. The maximum absolute atomic E-state index is 5.95. The fourth-order valence-electron chi connectivity index (χ4n) is 1.51. The molecule has 1 aliphatic rings. The summed E-state index contributed by atoms with van der Waals surface area (Å²) in [5.41, 5.74) is 5.97. The number of likely N-dealkylation sites (tertiary alicyclic amines) is 1. The number of hydrogen-bond acceptors (Lipinski definition) is 2. The van der Waals surface area contributed by atoms with Crippen LogP contribution in [0.2, 0.25) is 0 Å². The van der Waals surface area contributed by atoms with Crippen molar-refractivity contribution in [3.8, 4) is 0 Å². The van der Waals surface area contributed by atoms with Crippen molar-refractivity contribution in [3.63, 3.8) is 0 Å². The molecule has 3 nitrogen and oxygen atoms in total. The molecule has 0 aromatic carbocycles. The first-order chi connectivity index (χ1) is 6.39. The largest absolute Gasteiger partial charge is 0.387 e. The van der Waals surface area contributed by atoms with Gasteiger partial charge >= 0.3 is 0 Å². The number of aliphatic imine (C=N–C) groups is 1. The summed E-state index contributed by atoms with van der Waals surface area (Å²) in [5, 5.41) is 0. The molecule has 0 saturated carbocycles. The van der Waals surface area contributed by atoms with E-state index in [9.17, 15) is 0 Å². The van der Waals surface area contributed by atoms with Crippen molar-refractivity contribution < 1.29 is 0 Å². The number of piperidine rings is 1. The van der Waals surface area contributed by atoms with E-state index in [4.69, 9.17) is 5.73 Å². The third-order valence-electron chi connectivity index (χ3n) is 2.78. The van der Waals surface area contributed by atoms with Crippen LogP contribution in [0.25, 0.3) is 0 Å². The molecule has 0 unspecified atom stereocenters. The smallest absolute Gasteiger partial charge is 0.0994 e. The van der Waals surface area contributed by atoms with Crippen molar-refractivity contribution in [3.05, 3.63) is 0 Å². The zero-order valence-electron chi connectivity index (χ0n) is 9.88. The van der Waals surface area contributed by atoms with Gasteiger partial charge in [0.2, 0.25) is 0 Å². The quantitative estimate of drug-likeness (QED) is 0.511. The first-order valence-electron chi connectivity index (χ1n) is 5.42. The summed E-state index contributed by atoms with van der Waals surface area (Å²) in [5.74, 6) is 0.798. The number of rotatable bonds is 1. The van der Waals surface area contributed by atoms with Crippen molar-refractivity contribution in [1.29, 1.82) is 0 Å². The van der Waals surface area contributed by atoms with Crippen molar-refractivity contribution in [2.45, 2.75) is 39.7 Å². The van der Waals surface area contributed by atoms with Gasteiger partial charge in [-0.3, -0.25) is 4.99 Å². The highest BCUT2D eigenvalue weighted by molar-refractivity contribution is 5.85. The second-order valence-electron chi connectivity index (χ2n) is 5.30. The van der Waals surface area contributed by atoms with Crippen LogP contribution in [0.1, 0.15) is 33.6 Å². The Morgan fingerprint density at radius 2 is 1.79 bits per heavy atom. The molecule has 1 fully saturated rings. The Kier molecular flexibility index (Phi) is 3.53. The van der Waals surface area contributed by atoms with Crippen molar-refractivity contribution in [2.24, 2.45) is 16.1 Å². The first-order valence-corrected chi connectivity index (χ1v) is 5.42. The van der Waals surface area contributed by atoms with Gasteiger partial charge in [-0.25, -0.2) is 0 Å². The normalized spacial score (nSPS) is 22.7. The lowest BCUT2D eigenvalue weighted by Crippen LogP contribution is -2.35. The highest BCUT2D eigenvalue weighted by atomic mass is 15.1. The SMILES string of the molecule is CN1CCC(N=C(N)C(C)(C)C)CC1. The van der Waals surface area contributed by atoms with E-state index in [1.165, 1.54) is 0 Å². The van der Waals surface area contributed by atoms with Crippen LogP contribution in [0.5, 0.6) is 0 Å². The third kappa shape index (κ3) is 3.29. The summed E-state index contributed by atoms with van der Waals surface area (Å²) >= 11 is 0. The van der Waals surface area contributed by atoms with Crippen LogP contribution < -0.4 is 5.73 Å². The molecule has 1 rings (SSSR count). The molecule has 0 spiro atoms. The van der Waals surface area contributed by atoms with Crippen LogP contribution in [0.3, 0.4) is 0 Å². The van der Waals surface area contributed by atoms with E-state index in [0.29, 0.717) is 6.04 Å². The van der Waals surface area contributed by atoms with Gasteiger partial charge < -0.3 is 10.6 Å². The van der Waals surface area contributed by atoms with Crippen LogP contribution >= 0.6 is 0 Å². The minimum Gasteiger partial charge on any atom is -0.387 e. The Labute approximate surface area is 87.4 Å². The first kappa shape index (κ1) is 11.5. The lowest BCUT2D eigenvalue weighted by molar-refractivity contribution is 0.256. The molecule has 14 heavy (non-hydrogen) atoms. The van der Waals surface area contributed by atoms with E-state index in [1.54, 1.807) is 0 Å². The zero-order valence-corrected chi connectivity index (χ0v) is 9.88. The van der Waals surface area contributed by atoms with Gasteiger partial charge in [-0.05, 0) is 33.0 Å². The Hall–Kier alpha value is -0.570. The maximum Gasteiger partial charge on any atom is 0.0994 e. The van der Waals surface area contributed by atoms with E-state index >= 15 is 0 Å². The van der Waals surface area contributed by atoms with E-state index in [0.717, 1.165) is 31.8 Å². The van der Waals surface area contributed by atoms with Gasteiger partial charge in [0.1, 0.15) is 0 Å². The summed E-state index contributed by atoms with van der Waals surface area (Å²) in [6, 6.07) is 0.449. The molecule has 1 saturated heterocycles. The number of hydrogen-bond donors (Lipinski definition) is 1. The lowest BCUT2D eigenvalue weighted by atomic mass is 9.94. The molecule has 1 aliphatic heterocycles. The zero-order chi connectivity index (χ0) is 10.8. The molecular formula is C11H23N3. The standard InChI is InChI=1S/C11H23N3/c1-11(2,3)10(12)13-9-5-7-14(4)8-6-9/h9H,5-8H2,1-4H3,(H2,12,13). The second kappa shape index (κ2) is 4.30. The van der Waals surface area contributed by atoms with E-state index in [-0.39, 0.29) is 5.41 Å². The number of nitrogens with zero attached hydrogens (tertiary/aromatic N) is 2. The Balaban J connectivity index is 2.51. The predicted molar refractivity (Wildman–Crippen MR) is 61.6 cm³/mol. The van der Waals surface area contributed by atoms with Crippen LogP contribution in [0, 0.1) is 5.41 Å². The van der Waals surface area contributed by atoms with Crippen LogP contribution in [0.4, 0.5) is 0 Å². The average molecular weight is 197 g/mol. The van der Waals surface area contributed by atoms with Crippen LogP contribution in [-0.4, -0.2) is 36.9 Å². The topological polar surface area (TPSA) is 41.6 Å². The Morgan fingerprint density at radius 3 is 2.21 bits per heavy atom. The van der Waals surface area contributed by atoms with Crippen LogP contribution in [-0.2, 0) is 0 Å². The summed E-state index contributed by atoms with van der Waals surface area (Å²) in [6.45, 7) is 8.62. The van der Waals surface area contributed by atoms with Gasteiger partial charge in [0, 0.05) is 5.41 Å². The van der Waals surface area contributed by atoms with Gasteiger partial charge in [-0.1, -0.05) is 20.8 Å². The van der Waals surface area contributed by atoms with Crippen molar-refractivity contribution >= 4 is 5.84 Å². The molecule has 82 valence electrons.